The van der Waals surface area contributed by atoms with Crippen LogP contribution >= 0.6 is 0 Å². The fraction of sp³-hybridized carbons (Fsp3) is 1.00. The molecule has 2 aliphatic carbocycles. The summed E-state index contributed by atoms with van der Waals surface area (Å²) in [5.74, 6) is 0. The monoisotopic (exact) mass is 153 g/mol. The van der Waals surface area contributed by atoms with Gasteiger partial charge in [0.1, 0.15) is 0 Å². The van der Waals surface area contributed by atoms with E-state index in [1.54, 1.807) is 0 Å². The minimum Gasteiger partial charge on any atom is -0.313 e. The molecule has 1 unspecified atom stereocenters. The summed E-state index contributed by atoms with van der Waals surface area (Å²) in [6.07, 6.45) is 4.25. The van der Waals surface area contributed by atoms with E-state index < -0.39 is 0 Å². The molecule has 0 amide bonds. The van der Waals surface area contributed by atoms with Gasteiger partial charge in [-0.15, -0.1) is 0 Å². The molecule has 0 aromatic heterocycles. The van der Waals surface area contributed by atoms with Crippen LogP contribution in [0.25, 0.3) is 0 Å². The van der Waals surface area contributed by atoms with Crippen molar-refractivity contribution in [2.24, 2.45) is 10.8 Å². The van der Waals surface area contributed by atoms with Crippen molar-refractivity contribution in [1.29, 1.82) is 0 Å². The maximum Gasteiger partial charge on any atom is 0.0125 e. The van der Waals surface area contributed by atoms with Gasteiger partial charge in [-0.25, -0.2) is 0 Å². The highest BCUT2D eigenvalue weighted by Crippen LogP contribution is 2.48. The summed E-state index contributed by atoms with van der Waals surface area (Å²) in [7, 11) is 0. The number of hydrogen-bond acceptors (Lipinski definition) is 1. The second-order valence-electron chi connectivity index (χ2n) is 5.44. The van der Waals surface area contributed by atoms with Crippen molar-refractivity contribution in [2.75, 3.05) is 6.54 Å². The first-order chi connectivity index (χ1) is 5.02. The smallest absolute Gasteiger partial charge is 0.0125 e. The van der Waals surface area contributed by atoms with Gasteiger partial charge in [0.15, 0.2) is 0 Å². The Morgan fingerprint density at radius 3 is 2.18 bits per heavy atom. The van der Waals surface area contributed by atoms with Crippen molar-refractivity contribution in [3.63, 3.8) is 0 Å². The van der Waals surface area contributed by atoms with Gasteiger partial charge in [0.05, 0.1) is 0 Å². The second kappa shape index (κ2) is 2.01. The molecule has 0 radical (unpaired) electrons. The molecular formula is C10H19N. The normalized spacial score (nSPS) is 36.8. The number of rotatable bonds is 3. The highest BCUT2D eigenvalue weighted by Gasteiger charge is 2.47. The van der Waals surface area contributed by atoms with Gasteiger partial charge in [-0.3, -0.25) is 0 Å². The molecule has 2 rings (SSSR count). The van der Waals surface area contributed by atoms with Gasteiger partial charge in [0.2, 0.25) is 0 Å². The molecule has 0 heterocycles. The second-order valence-corrected chi connectivity index (χ2v) is 5.44. The standard InChI is InChI=1S/C10H19N/c1-9(2)6-8(9)11-7-10(3)4-5-10/h8,11H,4-7H2,1-3H3. The van der Waals surface area contributed by atoms with Crippen LogP contribution in [-0.2, 0) is 0 Å². The fourth-order valence-electron chi connectivity index (χ4n) is 1.58. The lowest BCUT2D eigenvalue weighted by Gasteiger charge is -2.10. The molecule has 0 spiro atoms. The zero-order valence-corrected chi connectivity index (χ0v) is 7.91. The lowest BCUT2D eigenvalue weighted by molar-refractivity contribution is 0.461. The van der Waals surface area contributed by atoms with Crippen molar-refractivity contribution < 1.29 is 0 Å². The van der Waals surface area contributed by atoms with Crippen LogP contribution in [0.15, 0.2) is 0 Å². The molecule has 1 heteroatoms. The molecule has 0 aliphatic heterocycles. The molecule has 2 fully saturated rings. The maximum absolute atomic E-state index is 3.65. The summed E-state index contributed by atoms with van der Waals surface area (Å²) in [5.41, 5.74) is 1.28. The predicted molar refractivity (Wildman–Crippen MR) is 47.5 cm³/mol. The van der Waals surface area contributed by atoms with Crippen LogP contribution in [0.4, 0.5) is 0 Å². The van der Waals surface area contributed by atoms with Crippen LogP contribution in [0.1, 0.15) is 40.0 Å². The predicted octanol–water partition coefficient (Wildman–Crippen LogP) is 2.17. The first-order valence-corrected chi connectivity index (χ1v) is 4.75. The van der Waals surface area contributed by atoms with Crippen LogP contribution in [-0.4, -0.2) is 12.6 Å². The Morgan fingerprint density at radius 1 is 1.27 bits per heavy atom. The van der Waals surface area contributed by atoms with Gasteiger partial charge >= 0.3 is 0 Å². The molecule has 2 aliphatic rings. The van der Waals surface area contributed by atoms with Crippen LogP contribution in [0.5, 0.6) is 0 Å². The lowest BCUT2D eigenvalue weighted by atomic mass is 10.1. The maximum atomic E-state index is 3.65. The fourth-order valence-corrected chi connectivity index (χ4v) is 1.58. The molecule has 0 saturated heterocycles. The highest BCUT2D eigenvalue weighted by molar-refractivity contribution is 5.03. The van der Waals surface area contributed by atoms with Crippen LogP contribution < -0.4 is 5.32 Å². The van der Waals surface area contributed by atoms with Crippen molar-refractivity contribution >= 4 is 0 Å². The van der Waals surface area contributed by atoms with Crippen LogP contribution in [0, 0.1) is 10.8 Å². The molecule has 2 saturated carbocycles. The molecule has 0 aromatic rings. The topological polar surface area (TPSA) is 12.0 Å². The zero-order valence-electron chi connectivity index (χ0n) is 7.91. The Labute approximate surface area is 69.6 Å². The summed E-state index contributed by atoms with van der Waals surface area (Å²) in [5, 5.41) is 3.65. The van der Waals surface area contributed by atoms with Crippen molar-refractivity contribution in [3.8, 4) is 0 Å². The van der Waals surface area contributed by atoms with Crippen molar-refractivity contribution in [2.45, 2.75) is 46.1 Å². The van der Waals surface area contributed by atoms with Gasteiger partial charge < -0.3 is 5.32 Å². The van der Waals surface area contributed by atoms with E-state index in [4.69, 9.17) is 0 Å². The van der Waals surface area contributed by atoms with Gasteiger partial charge in [0.25, 0.3) is 0 Å². The van der Waals surface area contributed by atoms with E-state index in [1.807, 2.05) is 0 Å². The Hall–Kier alpha value is -0.0400. The molecule has 1 atom stereocenters. The summed E-state index contributed by atoms with van der Waals surface area (Å²) in [6, 6.07) is 0.819. The van der Waals surface area contributed by atoms with E-state index in [-0.39, 0.29) is 0 Å². The minimum absolute atomic E-state index is 0.602. The third-order valence-corrected chi connectivity index (χ3v) is 3.39. The Bertz CT molecular complexity index is 168. The molecule has 11 heavy (non-hydrogen) atoms. The highest BCUT2D eigenvalue weighted by atomic mass is 15.0. The molecule has 0 bridgehead atoms. The molecule has 64 valence electrons. The quantitative estimate of drug-likeness (QED) is 0.655. The summed E-state index contributed by atoms with van der Waals surface area (Å²) in [6.45, 7) is 8.33. The molecule has 1 nitrogen and oxygen atoms in total. The number of nitrogens with one attached hydrogen (secondary N) is 1. The van der Waals surface area contributed by atoms with Crippen LogP contribution in [0.2, 0.25) is 0 Å². The lowest BCUT2D eigenvalue weighted by Crippen LogP contribution is -2.26. The Morgan fingerprint density at radius 2 is 1.82 bits per heavy atom. The zero-order chi connectivity index (χ0) is 8.11. The van der Waals surface area contributed by atoms with Crippen molar-refractivity contribution in [3.05, 3.63) is 0 Å². The van der Waals surface area contributed by atoms with Gasteiger partial charge in [0, 0.05) is 12.6 Å². The average Bonchev–Trinajstić information content (AvgIpc) is 2.72. The van der Waals surface area contributed by atoms with E-state index in [0.29, 0.717) is 10.8 Å². The molecule has 1 N–H and O–H groups in total. The SMILES string of the molecule is CC1(CNC2CC2(C)C)CC1. The Kier molecular flexibility index (Phi) is 1.39. The summed E-state index contributed by atoms with van der Waals surface area (Å²) in [4.78, 5) is 0. The number of hydrogen-bond donors (Lipinski definition) is 1. The van der Waals surface area contributed by atoms with E-state index in [1.165, 1.54) is 25.8 Å². The van der Waals surface area contributed by atoms with Crippen LogP contribution in [0.3, 0.4) is 0 Å². The largest absolute Gasteiger partial charge is 0.313 e. The Balaban J connectivity index is 1.69. The molecular weight excluding hydrogens is 134 g/mol. The first kappa shape index (κ1) is 7.60. The summed E-state index contributed by atoms with van der Waals surface area (Å²) >= 11 is 0. The first-order valence-electron chi connectivity index (χ1n) is 4.75. The van der Waals surface area contributed by atoms with E-state index in [0.717, 1.165) is 6.04 Å². The van der Waals surface area contributed by atoms with Crippen molar-refractivity contribution in [1.82, 2.24) is 5.32 Å². The van der Waals surface area contributed by atoms with Gasteiger partial charge in [-0.2, -0.15) is 0 Å². The average molecular weight is 153 g/mol. The van der Waals surface area contributed by atoms with Gasteiger partial charge in [-0.1, -0.05) is 20.8 Å². The third kappa shape index (κ3) is 1.58. The third-order valence-electron chi connectivity index (χ3n) is 3.39. The van der Waals surface area contributed by atoms with E-state index >= 15 is 0 Å². The molecule has 0 aromatic carbocycles. The summed E-state index contributed by atoms with van der Waals surface area (Å²) < 4.78 is 0. The van der Waals surface area contributed by atoms with E-state index in [9.17, 15) is 0 Å². The minimum atomic E-state index is 0.602. The van der Waals surface area contributed by atoms with E-state index in [2.05, 4.69) is 26.1 Å². The van der Waals surface area contributed by atoms with Gasteiger partial charge in [-0.05, 0) is 30.1 Å².